The maximum absolute atomic E-state index is 12.7. The Kier molecular flexibility index (Phi) is 2.61. The second kappa shape index (κ2) is 3.86. The molecule has 0 atom stereocenters. The van der Waals surface area contributed by atoms with E-state index in [4.69, 9.17) is 5.11 Å². The minimum atomic E-state index is -4.93. The molecule has 1 heterocycles. The predicted molar refractivity (Wildman–Crippen MR) is 56.5 cm³/mol. The Morgan fingerprint density at radius 2 is 1.83 bits per heavy atom. The van der Waals surface area contributed by atoms with Crippen LogP contribution in [0.15, 0.2) is 29.1 Å². The van der Waals surface area contributed by atoms with Gasteiger partial charge in [-0.15, -0.1) is 0 Å². The van der Waals surface area contributed by atoms with E-state index in [-0.39, 0.29) is 10.9 Å². The van der Waals surface area contributed by atoms with Crippen molar-refractivity contribution in [2.45, 2.75) is 6.18 Å². The number of aromatic carboxylic acids is 1. The fourth-order valence-corrected chi connectivity index (χ4v) is 1.65. The summed E-state index contributed by atoms with van der Waals surface area (Å²) in [7, 11) is 0. The smallest absolute Gasteiger partial charge is 0.432 e. The van der Waals surface area contributed by atoms with Crippen LogP contribution in [0, 0.1) is 0 Å². The Bertz CT molecular complexity index is 688. The average Bonchev–Trinajstić information content (AvgIpc) is 2.27. The third-order valence-corrected chi connectivity index (χ3v) is 2.41. The molecule has 0 saturated heterocycles. The van der Waals surface area contributed by atoms with Crippen LogP contribution in [0.3, 0.4) is 0 Å². The van der Waals surface area contributed by atoms with E-state index < -0.39 is 28.8 Å². The lowest BCUT2D eigenvalue weighted by molar-refractivity contribution is -0.141. The Balaban J connectivity index is 2.98. The number of rotatable bonds is 1. The Morgan fingerprint density at radius 1 is 1.22 bits per heavy atom. The van der Waals surface area contributed by atoms with Gasteiger partial charge in [-0.2, -0.15) is 13.2 Å². The zero-order chi connectivity index (χ0) is 13.5. The number of fused-ring (bicyclic) bond motifs is 1. The molecule has 0 spiro atoms. The molecule has 0 bridgehead atoms. The summed E-state index contributed by atoms with van der Waals surface area (Å²) in [4.78, 5) is 24.5. The number of benzene rings is 1. The zero-order valence-corrected chi connectivity index (χ0v) is 8.71. The number of alkyl halides is 3. The number of H-pyrrole nitrogens is 1. The number of pyridine rings is 1. The van der Waals surface area contributed by atoms with Crippen LogP contribution in [0.1, 0.15) is 16.1 Å². The van der Waals surface area contributed by atoms with Gasteiger partial charge in [-0.25, -0.2) is 4.79 Å². The maximum atomic E-state index is 12.7. The number of carboxylic acids is 1. The number of nitrogens with one attached hydrogen (secondary N) is 1. The van der Waals surface area contributed by atoms with E-state index in [9.17, 15) is 22.8 Å². The molecule has 0 saturated carbocycles. The first-order valence-corrected chi connectivity index (χ1v) is 4.78. The molecule has 0 fully saturated rings. The minimum Gasteiger partial charge on any atom is -0.477 e. The van der Waals surface area contributed by atoms with E-state index in [1.165, 1.54) is 24.3 Å². The summed E-state index contributed by atoms with van der Waals surface area (Å²) in [6.07, 6.45) is -4.93. The molecule has 0 radical (unpaired) electrons. The topological polar surface area (TPSA) is 70.2 Å². The van der Waals surface area contributed by atoms with E-state index in [0.29, 0.717) is 0 Å². The lowest BCUT2D eigenvalue weighted by Crippen LogP contribution is -2.24. The average molecular weight is 257 g/mol. The number of halogens is 3. The second-order valence-corrected chi connectivity index (χ2v) is 3.55. The van der Waals surface area contributed by atoms with E-state index >= 15 is 0 Å². The van der Waals surface area contributed by atoms with Gasteiger partial charge in [0.1, 0.15) is 11.3 Å². The van der Waals surface area contributed by atoms with Crippen LogP contribution in [-0.4, -0.2) is 16.1 Å². The highest BCUT2D eigenvalue weighted by Crippen LogP contribution is 2.30. The van der Waals surface area contributed by atoms with E-state index in [2.05, 4.69) is 0 Å². The van der Waals surface area contributed by atoms with Crippen molar-refractivity contribution in [3.63, 3.8) is 0 Å². The highest BCUT2D eigenvalue weighted by molar-refractivity contribution is 5.94. The van der Waals surface area contributed by atoms with E-state index in [1.54, 1.807) is 0 Å². The summed E-state index contributed by atoms with van der Waals surface area (Å²) in [6.45, 7) is 0. The summed E-state index contributed by atoms with van der Waals surface area (Å²) >= 11 is 0. The van der Waals surface area contributed by atoms with Gasteiger partial charge in [-0.05, 0) is 12.1 Å². The van der Waals surface area contributed by atoms with Crippen molar-refractivity contribution in [3.05, 3.63) is 45.7 Å². The van der Waals surface area contributed by atoms with Crippen molar-refractivity contribution in [1.29, 1.82) is 0 Å². The SMILES string of the molecule is O=C(O)c1c(C(F)(F)F)[nH]c2ccccc2c1=O. The number of aromatic amines is 1. The number of hydrogen-bond acceptors (Lipinski definition) is 2. The number of hydrogen-bond donors (Lipinski definition) is 2. The lowest BCUT2D eigenvalue weighted by atomic mass is 10.1. The molecule has 0 amide bonds. The molecule has 2 N–H and O–H groups in total. The molecule has 7 heteroatoms. The fraction of sp³-hybridized carbons (Fsp3) is 0.0909. The van der Waals surface area contributed by atoms with Crippen molar-refractivity contribution in [1.82, 2.24) is 4.98 Å². The summed E-state index contributed by atoms with van der Waals surface area (Å²) in [6, 6.07) is 5.42. The van der Waals surface area contributed by atoms with Crippen LogP contribution >= 0.6 is 0 Å². The van der Waals surface area contributed by atoms with Crippen LogP contribution in [0.25, 0.3) is 10.9 Å². The molecule has 1 aromatic heterocycles. The van der Waals surface area contributed by atoms with Gasteiger partial charge in [0.25, 0.3) is 0 Å². The maximum Gasteiger partial charge on any atom is 0.432 e. The summed E-state index contributed by atoms with van der Waals surface area (Å²) in [5.41, 5.74) is -4.04. The van der Waals surface area contributed by atoms with Gasteiger partial charge >= 0.3 is 12.1 Å². The molecule has 0 aliphatic heterocycles. The minimum absolute atomic E-state index is 0.0557. The van der Waals surface area contributed by atoms with Crippen molar-refractivity contribution < 1.29 is 23.1 Å². The van der Waals surface area contributed by atoms with Crippen molar-refractivity contribution in [2.24, 2.45) is 0 Å². The molecule has 94 valence electrons. The van der Waals surface area contributed by atoms with Crippen LogP contribution in [-0.2, 0) is 6.18 Å². The van der Waals surface area contributed by atoms with Gasteiger partial charge in [0.2, 0.25) is 5.43 Å². The van der Waals surface area contributed by atoms with Crippen molar-refractivity contribution >= 4 is 16.9 Å². The first kappa shape index (κ1) is 12.2. The monoisotopic (exact) mass is 257 g/mol. The molecule has 2 rings (SSSR count). The summed E-state index contributed by atoms with van der Waals surface area (Å²) in [5, 5.41) is 8.65. The molecular weight excluding hydrogens is 251 g/mol. The molecule has 2 aromatic rings. The normalized spacial score (nSPS) is 11.7. The summed E-state index contributed by atoms with van der Waals surface area (Å²) < 4.78 is 38.0. The van der Waals surface area contributed by atoms with Crippen molar-refractivity contribution in [2.75, 3.05) is 0 Å². The molecule has 0 aliphatic carbocycles. The Morgan fingerprint density at radius 3 is 2.39 bits per heavy atom. The van der Waals surface area contributed by atoms with Gasteiger partial charge in [0.15, 0.2) is 0 Å². The highest BCUT2D eigenvalue weighted by Gasteiger charge is 2.38. The predicted octanol–water partition coefficient (Wildman–Crippen LogP) is 2.25. The Labute approximate surface area is 97.7 Å². The van der Waals surface area contributed by atoms with Gasteiger partial charge in [0.05, 0.1) is 0 Å². The van der Waals surface area contributed by atoms with Crippen LogP contribution in [0.4, 0.5) is 13.2 Å². The summed E-state index contributed by atoms with van der Waals surface area (Å²) in [5.74, 6) is -1.91. The quantitative estimate of drug-likeness (QED) is 0.823. The Hall–Kier alpha value is -2.31. The first-order chi connectivity index (χ1) is 8.32. The molecule has 4 nitrogen and oxygen atoms in total. The van der Waals surface area contributed by atoms with Gasteiger partial charge in [-0.3, -0.25) is 4.79 Å². The largest absolute Gasteiger partial charge is 0.477 e. The third-order valence-electron chi connectivity index (χ3n) is 2.41. The van der Waals surface area contributed by atoms with Crippen LogP contribution in [0.5, 0.6) is 0 Å². The zero-order valence-electron chi connectivity index (χ0n) is 8.71. The number of aromatic nitrogens is 1. The number of para-hydroxylation sites is 1. The van der Waals surface area contributed by atoms with Gasteiger partial charge in [0, 0.05) is 10.9 Å². The van der Waals surface area contributed by atoms with Crippen LogP contribution in [0.2, 0.25) is 0 Å². The van der Waals surface area contributed by atoms with Crippen LogP contribution < -0.4 is 5.43 Å². The second-order valence-electron chi connectivity index (χ2n) is 3.55. The van der Waals surface area contributed by atoms with Crippen molar-refractivity contribution in [3.8, 4) is 0 Å². The highest BCUT2D eigenvalue weighted by atomic mass is 19.4. The number of carboxylic acid groups (broad SMARTS) is 1. The molecule has 1 aromatic carbocycles. The first-order valence-electron chi connectivity index (χ1n) is 4.78. The molecule has 0 unspecified atom stereocenters. The van der Waals surface area contributed by atoms with Gasteiger partial charge in [-0.1, -0.05) is 12.1 Å². The standard InChI is InChI=1S/C11H6F3NO3/c12-11(13,14)9-7(10(17)18)8(16)5-3-1-2-4-6(5)15-9/h1-4H,(H,15,16)(H,17,18). The third kappa shape index (κ3) is 1.83. The molecular formula is C11H6F3NO3. The number of carbonyl (C=O) groups is 1. The van der Waals surface area contributed by atoms with E-state index in [1.807, 2.05) is 4.98 Å². The van der Waals surface area contributed by atoms with Gasteiger partial charge < -0.3 is 10.1 Å². The fourth-order valence-electron chi connectivity index (χ4n) is 1.65. The molecule has 18 heavy (non-hydrogen) atoms. The van der Waals surface area contributed by atoms with E-state index in [0.717, 1.165) is 0 Å². The lowest BCUT2D eigenvalue weighted by Gasteiger charge is -2.11. The molecule has 0 aliphatic rings.